The third kappa shape index (κ3) is 5.00. The fourth-order valence-corrected chi connectivity index (χ4v) is 4.14. The normalized spacial score (nSPS) is 14.7. The molecule has 1 saturated heterocycles. The number of hydrogen-bond acceptors (Lipinski definition) is 6. The zero-order chi connectivity index (χ0) is 23.5. The molecule has 3 aromatic rings. The van der Waals surface area contributed by atoms with Crippen LogP contribution in [0.1, 0.15) is 16.1 Å². The van der Waals surface area contributed by atoms with Crippen LogP contribution in [0.4, 0.5) is 10.5 Å². The van der Waals surface area contributed by atoms with E-state index in [2.05, 4.69) is 5.32 Å². The van der Waals surface area contributed by atoms with Crippen molar-refractivity contribution in [2.24, 2.45) is 0 Å². The van der Waals surface area contributed by atoms with Crippen molar-refractivity contribution in [3.63, 3.8) is 0 Å². The Labute approximate surface area is 196 Å². The molecule has 4 rings (SSSR count). The van der Waals surface area contributed by atoms with Crippen LogP contribution in [0, 0.1) is 0 Å². The molecule has 1 aliphatic rings. The lowest BCUT2D eigenvalue weighted by molar-refractivity contribution is -0.127. The van der Waals surface area contributed by atoms with Gasteiger partial charge in [-0.25, -0.2) is 4.79 Å². The number of carboxylic acids is 1. The van der Waals surface area contributed by atoms with Gasteiger partial charge in [0.05, 0.1) is 15.5 Å². The number of benzene rings is 2. The Morgan fingerprint density at radius 1 is 1.09 bits per heavy atom. The molecule has 0 bridgehead atoms. The fraction of sp³-hybridized carbons (Fsp3) is 0.0435. The number of rotatable bonds is 6. The lowest BCUT2D eigenvalue weighted by atomic mass is 10.1. The van der Waals surface area contributed by atoms with Crippen LogP contribution in [0.3, 0.4) is 0 Å². The molecule has 2 N–H and O–H groups in total. The molecule has 33 heavy (non-hydrogen) atoms. The molecule has 0 radical (unpaired) electrons. The van der Waals surface area contributed by atoms with Crippen molar-refractivity contribution < 1.29 is 28.7 Å². The molecule has 0 unspecified atom stereocenters. The molecule has 10 heteroatoms. The summed E-state index contributed by atoms with van der Waals surface area (Å²) in [7, 11) is 0. The van der Waals surface area contributed by atoms with Crippen LogP contribution in [0.25, 0.3) is 17.4 Å². The lowest BCUT2D eigenvalue weighted by Crippen LogP contribution is -2.36. The van der Waals surface area contributed by atoms with Gasteiger partial charge in [0.25, 0.3) is 11.1 Å². The number of carboxylic acid groups (broad SMARTS) is 1. The molecule has 0 atom stereocenters. The molecule has 8 nitrogen and oxygen atoms in total. The van der Waals surface area contributed by atoms with Crippen LogP contribution < -0.4 is 5.32 Å². The van der Waals surface area contributed by atoms with E-state index in [1.807, 2.05) is 0 Å². The second-order valence-corrected chi connectivity index (χ2v) is 8.28. The minimum absolute atomic E-state index is 0.0304. The van der Waals surface area contributed by atoms with Crippen LogP contribution in [0.2, 0.25) is 5.02 Å². The number of amides is 3. The van der Waals surface area contributed by atoms with Crippen molar-refractivity contribution in [1.29, 1.82) is 0 Å². The van der Waals surface area contributed by atoms with E-state index < -0.39 is 29.6 Å². The van der Waals surface area contributed by atoms with Crippen molar-refractivity contribution >= 4 is 58.1 Å². The Hall–Kier alpha value is -3.82. The largest absolute Gasteiger partial charge is 0.478 e. The molecule has 2 heterocycles. The average Bonchev–Trinajstić information content (AvgIpc) is 3.34. The maximum absolute atomic E-state index is 12.7. The molecular formula is C23H15ClN2O6S. The fourth-order valence-electron chi connectivity index (χ4n) is 3.06. The first-order valence-electron chi connectivity index (χ1n) is 9.55. The Morgan fingerprint density at radius 3 is 2.55 bits per heavy atom. The Kier molecular flexibility index (Phi) is 6.34. The summed E-state index contributed by atoms with van der Waals surface area (Å²) >= 11 is 6.71. The monoisotopic (exact) mass is 482 g/mol. The van der Waals surface area contributed by atoms with Gasteiger partial charge in [-0.05, 0) is 48.2 Å². The molecule has 0 spiro atoms. The summed E-state index contributed by atoms with van der Waals surface area (Å²) in [6, 6.07) is 16.3. The van der Waals surface area contributed by atoms with Gasteiger partial charge in [-0.2, -0.15) is 0 Å². The molecule has 1 aliphatic heterocycles. The van der Waals surface area contributed by atoms with Crippen LogP contribution in [0.15, 0.2) is 70.0 Å². The first-order chi connectivity index (χ1) is 15.8. The van der Waals surface area contributed by atoms with Gasteiger partial charge in [0, 0.05) is 17.3 Å². The van der Waals surface area contributed by atoms with Crippen molar-refractivity contribution in [1.82, 2.24) is 4.90 Å². The quantitative estimate of drug-likeness (QED) is 0.476. The van der Waals surface area contributed by atoms with E-state index in [4.69, 9.17) is 21.1 Å². The number of carbonyl (C=O) groups excluding carboxylic acids is 3. The van der Waals surface area contributed by atoms with Gasteiger partial charge in [0.15, 0.2) is 0 Å². The summed E-state index contributed by atoms with van der Waals surface area (Å²) in [5.74, 6) is -1.52. The maximum atomic E-state index is 12.7. The predicted molar refractivity (Wildman–Crippen MR) is 124 cm³/mol. The van der Waals surface area contributed by atoms with Gasteiger partial charge in [-0.3, -0.25) is 19.3 Å². The summed E-state index contributed by atoms with van der Waals surface area (Å²) in [6.45, 7) is -0.408. The summed E-state index contributed by atoms with van der Waals surface area (Å²) in [5, 5.41) is 11.2. The van der Waals surface area contributed by atoms with E-state index in [9.17, 15) is 19.2 Å². The third-order valence-corrected chi connectivity index (χ3v) is 5.84. The van der Waals surface area contributed by atoms with E-state index in [1.54, 1.807) is 48.5 Å². The number of furan rings is 1. The highest BCUT2D eigenvalue weighted by atomic mass is 35.5. The molecular weight excluding hydrogens is 468 g/mol. The highest BCUT2D eigenvalue weighted by Gasteiger charge is 2.36. The smallest absolute Gasteiger partial charge is 0.337 e. The van der Waals surface area contributed by atoms with E-state index in [0.29, 0.717) is 34.5 Å². The summed E-state index contributed by atoms with van der Waals surface area (Å²) < 4.78 is 5.71. The number of nitrogens with one attached hydrogen (secondary N) is 1. The van der Waals surface area contributed by atoms with Crippen molar-refractivity contribution in [3.05, 3.63) is 81.9 Å². The number of carbonyl (C=O) groups is 4. The summed E-state index contributed by atoms with van der Waals surface area (Å²) in [4.78, 5) is 49.2. The number of nitrogens with zero attached hydrogens (tertiary/aromatic N) is 1. The van der Waals surface area contributed by atoms with Gasteiger partial charge >= 0.3 is 5.97 Å². The first kappa shape index (κ1) is 22.4. The number of anilines is 1. The first-order valence-corrected chi connectivity index (χ1v) is 10.7. The molecule has 3 amide bonds. The highest BCUT2D eigenvalue weighted by molar-refractivity contribution is 8.18. The summed E-state index contributed by atoms with van der Waals surface area (Å²) in [5.41, 5.74) is 1.08. The van der Waals surface area contributed by atoms with Gasteiger partial charge in [0.1, 0.15) is 18.1 Å². The minimum Gasteiger partial charge on any atom is -0.478 e. The van der Waals surface area contributed by atoms with Gasteiger partial charge in [-0.1, -0.05) is 35.9 Å². The van der Waals surface area contributed by atoms with E-state index in [-0.39, 0.29) is 15.5 Å². The number of para-hydroxylation sites is 1. The van der Waals surface area contributed by atoms with Gasteiger partial charge in [0.2, 0.25) is 5.91 Å². The number of imide groups is 1. The second-order valence-electron chi connectivity index (χ2n) is 6.88. The number of aromatic carboxylic acids is 1. The molecule has 0 aliphatic carbocycles. The minimum atomic E-state index is -1.14. The molecule has 1 fully saturated rings. The van der Waals surface area contributed by atoms with Crippen LogP contribution in [0.5, 0.6) is 0 Å². The lowest BCUT2D eigenvalue weighted by Gasteiger charge is -2.12. The third-order valence-electron chi connectivity index (χ3n) is 4.62. The average molecular weight is 483 g/mol. The number of hydrogen-bond donors (Lipinski definition) is 2. The number of halogens is 1. The van der Waals surface area contributed by atoms with Crippen LogP contribution in [-0.2, 0) is 9.59 Å². The molecule has 2 aromatic carbocycles. The van der Waals surface area contributed by atoms with E-state index in [1.165, 1.54) is 18.2 Å². The zero-order valence-electron chi connectivity index (χ0n) is 16.8. The molecule has 1 aromatic heterocycles. The maximum Gasteiger partial charge on any atom is 0.337 e. The van der Waals surface area contributed by atoms with Crippen molar-refractivity contribution in [2.75, 3.05) is 11.9 Å². The topological polar surface area (TPSA) is 117 Å². The van der Waals surface area contributed by atoms with Crippen molar-refractivity contribution in [2.45, 2.75) is 0 Å². The molecule has 0 saturated carbocycles. The van der Waals surface area contributed by atoms with Gasteiger partial charge in [-0.15, -0.1) is 0 Å². The number of thioether (sulfide) groups is 1. The Morgan fingerprint density at radius 2 is 1.85 bits per heavy atom. The molecule has 166 valence electrons. The summed E-state index contributed by atoms with van der Waals surface area (Å²) in [6.07, 6.45) is 1.41. The van der Waals surface area contributed by atoms with Gasteiger partial charge < -0.3 is 14.8 Å². The zero-order valence-corrected chi connectivity index (χ0v) is 18.4. The standard InChI is InChI=1S/C23H15ClN2O6S/c24-17-10-13(6-8-16(17)22(29)30)18-9-7-15(32-18)11-19-21(28)26(23(31)33-19)12-20(27)25-14-4-2-1-3-5-14/h1-11H,12H2,(H,25,27)(H,29,30)/b19-11-. The Balaban J connectivity index is 1.47. The van der Waals surface area contributed by atoms with E-state index >= 15 is 0 Å². The van der Waals surface area contributed by atoms with Crippen LogP contribution >= 0.6 is 23.4 Å². The van der Waals surface area contributed by atoms with Crippen LogP contribution in [-0.4, -0.2) is 39.6 Å². The predicted octanol–water partition coefficient (Wildman–Crippen LogP) is 4.97. The van der Waals surface area contributed by atoms with Crippen molar-refractivity contribution in [3.8, 4) is 11.3 Å². The van der Waals surface area contributed by atoms with E-state index in [0.717, 1.165) is 4.90 Å². The Bertz CT molecular complexity index is 1300. The second kappa shape index (κ2) is 9.35. The highest BCUT2D eigenvalue weighted by Crippen LogP contribution is 2.34. The SMILES string of the molecule is O=C(CN1C(=O)S/C(=C\c2ccc(-c3ccc(C(=O)O)c(Cl)c3)o2)C1=O)Nc1ccccc1.